The van der Waals surface area contributed by atoms with Gasteiger partial charge >= 0.3 is 5.97 Å². The van der Waals surface area contributed by atoms with Crippen molar-refractivity contribution in [1.82, 2.24) is 4.90 Å². The first-order valence-electron chi connectivity index (χ1n) is 6.25. The molecule has 0 aromatic heterocycles. The number of hydrogen-bond acceptors (Lipinski definition) is 3. The Balaban J connectivity index is 2.29. The average Bonchev–Trinajstić information content (AvgIpc) is 2.37. The first-order valence-corrected chi connectivity index (χ1v) is 6.62. The van der Waals surface area contributed by atoms with Gasteiger partial charge in [0.05, 0.1) is 6.61 Å². The van der Waals surface area contributed by atoms with Crippen LogP contribution in [0.1, 0.15) is 18.4 Å². The van der Waals surface area contributed by atoms with Crippen LogP contribution in [0.2, 0.25) is 5.02 Å². The fraction of sp³-hybridized carbons (Fsp3) is 0.429. The molecule has 1 amide bonds. The van der Waals surface area contributed by atoms with E-state index in [9.17, 15) is 9.59 Å². The third-order valence-electron chi connectivity index (χ3n) is 2.73. The summed E-state index contributed by atoms with van der Waals surface area (Å²) in [5.41, 5.74) is 0.932. The summed E-state index contributed by atoms with van der Waals surface area (Å²) in [5.74, 6) is -0.518. The number of rotatable bonds is 7. The van der Waals surface area contributed by atoms with E-state index in [0.29, 0.717) is 23.8 Å². The van der Waals surface area contributed by atoms with Crippen LogP contribution in [0.4, 0.5) is 0 Å². The predicted molar refractivity (Wildman–Crippen MR) is 76.2 cm³/mol. The van der Waals surface area contributed by atoms with E-state index >= 15 is 0 Å². The van der Waals surface area contributed by atoms with Gasteiger partial charge in [-0.05, 0) is 37.1 Å². The normalized spacial score (nSPS) is 10.2. The molecule has 1 N–H and O–H groups in total. The molecular weight excluding hydrogens is 282 g/mol. The minimum absolute atomic E-state index is 0.205. The Morgan fingerprint density at radius 2 is 2.10 bits per heavy atom. The zero-order valence-corrected chi connectivity index (χ0v) is 12.3. The van der Waals surface area contributed by atoms with Crippen LogP contribution in [0, 0.1) is 6.92 Å². The number of likely N-dealkylation sites (N-methyl/N-ethyl adjacent to an activating group) is 1. The molecule has 0 spiro atoms. The highest BCUT2D eigenvalue weighted by Gasteiger charge is 2.11. The molecule has 0 aliphatic heterocycles. The summed E-state index contributed by atoms with van der Waals surface area (Å²) in [6, 6.07) is 5.37. The molecule has 0 atom stereocenters. The number of hydrogen-bond donors (Lipinski definition) is 1. The number of carbonyl (C=O) groups excluding carboxylic acids is 1. The lowest BCUT2D eigenvalue weighted by Crippen LogP contribution is -2.31. The largest absolute Gasteiger partial charge is 0.494 e. The lowest BCUT2D eigenvalue weighted by atomic mass is 10.2. The van der Waals surface area contributed by atoms with Gasteiger partial charge in [0.1, 0.15) is 12.3 Å². The smallest absolute Gasteiger partial charge is 0.323 e. The summed E-state index contributed by atoms with van der Waals surface area (Å²) in [6.45, 7) is 2.00. The molecule has 5 nitrogen and oxygen atoms in total. The van der Waals surface area contributed by atoms with Crippen LogP contribution in [0.15, 0.2) is 18.2 Å². The number of aryl methyl sites for hydroxylation is 1. The molecule has 1 aromatic carbocycles. The van der Waals surface area contributed by atoms with Gasteiger partial charge in [-0.2, -0.15) is 0 Å². The average molecular weight is 300 g/mol. The lowest BCUT2D eigenvalue weighted by molar-refractivity contribution is -0.143. The molecule has 110 valence electrons. The van der Waals surface area contributed by atoms with Gasteiger partial charge in [-0.1, -0.05) is 11.6 Å². The second-order valence-corrected chi connectivity index (χ2v) is 4.91. The van der Waals surface area contributed by atoms with E-state index in [1.165, 1.54) is 11.9 Å². The minimum Gasteiger partial charge on any atom is -0.494 e. The number of carboxylic acids is 1. The van der Waals surface area contributed by atoms with Crippen molar-refractivity contribution in [2.45, 2.75) is 19.8 Å². The van der Waals surface area contributed by atoms with Crippen molar-refractivity contribution in [2.75, 3.05) is 20.2 Å². The molecule has 0 aliphatic rings. The number of carboxylic acid groups (broad SMARTS) is 1. The van der Waals surface area contributed by atoms with E-state index in [-0.39, 0.29) is 18.9 Å². The predicted octanol–water partition coefficient (Wildman–Crippen LogP) is 2.35. The Hall–Kier alpha value is -1.75. The van der Waals surface area contributed by atoms with Crippen LogP contribution >= 0.6 is 11.6 Å². The second-order valence-electron chi connectivity index (χ2n) is 4.51. The zero-order valence-electron chi connectivity index (χ0n) is 11.6. The van der Waals surface area contributed by atoms with Gasteiger partial charge in [0, 0.05) is 18.5 Å². The Kier molecular flexibility index (Phi) is 6.31. The Labute approximate surface area is 123 Å². The third kappa shape index (κ3) is 5.48. The Morgan fingerprint density at radius 3 is 2.70 bits per heavy atom. The first kappa shape index (κ1) is 16.3. The molecule has 0 saturated carbocycles. The molecule has 0 radical (unpaired) electrons. The highest BCUT2D eigenvalue weighted by molar-refractivity contribution is 6.31. The fourth-order valence-electron chi connectivity index (χ4n) is 1.60. The monoisotopic (exact) mass is 299 g/mol. The number of ether oxygens (including phenoxy) is 1. The number of carbonyl (C=O) groups is 2. The fourth-order valence-corrected chi connectivity index (χ4v) is 1.72. The number of aliphatic carboxylic acids is 1. The summed E-state index contributed by atoms with van der Waals surface area (Å²) < 4.78 is 5.51. The summed E-state index contributed by atoms with van der Waals surface area (Å²) >= 11 is 5.91. The van der Waals surface area contributed by atoms with Gasteiger partial charge in [-0.15, -0.1) is 0 Å². The zero-order chi connectivity index (χ0) is 15.1. The minimum atomic E-state index is -1.02. The molecular formula is C14H18ClNO4. The molecule has 0 heterocycles. The quantitative estimate of drug-likeness (QED) is 0.785. The molecule has 0 bridgehead atoms. The summed E-state index contributed by atoms with van der Waals surface area (Å²) in [6.07, 6.45) is 0.792. The van der Waals surface area contributed by atoms with Gasteiger partial charge in [0.2, 0.25) is 5.91 Å². The van der Waals surface area contributed by atoms with Crippen LogP contribution in [-0.4, -0.2) is 42.1 Å². The molecule has 1 aromatic rings. The highest BCUT2D eigenvalue weighted by atomic mass is 35.5. The Morgan fingerprint density at radius 1 is 1.40 bits per heavy atom. The lowest BCUT2D eigenvalue weighted by Gasteiger charge is -2.14. The molecule has 0 saturated heterocycles. The van der Waals surface area contributed by atoms with Gasteiger partial charge in [-0.3, -0.25) is 9.59 Å². The molecule has 1 rings (SSSR count). The van der Waals surface area contributed by atoms with Crippen LogP contribution in [0.3, 0.4) is 0 Å². The SMILES string of the molecule is Cc1cc(OCCCC(=O)N(C)CC(=O)O)ccc1Cl. The summed E-state index contributed by atoms with van der Waals surface area (Å²) in [4.78, 5) is 23.2. The van der Waals surface area contributed by atoms with Gasteiger partial charge in [0.15, 0.2) is 0 Å². The molecule has 0 fully saturated rings. The van der Waals surface area contributed by atoms with E-state index in [1.807, 2.05) is 13.0 Å². The molecule has 0 unspecified atom stereocenters. The summed E-state index contributed by atoms with van der Waals surface area (Å²) in [7, 11) is 1.47. The number of benzene rings is 1. The van der Waals surface area contributed by atoms with Gasteiger partial charge in [-0.25, -0.2) is 0 Å². The Bertz CT molecular complexity index is 490. The van der Waals surface area contributed by atoms with E-state index in [2.05, 4.69) is 0 Å². The van der Waals surface area contributed by atoms with Crippen LogP contribution in [-0.2, 0) is 9.59 Å². The summed E-state index contributed by atoms with van der Waals surface area (Å²) in [5, 5.41) is 9.26. The van der Waals surface area contributed by atoms with Crippen molar-refractivity contribution in [3.05, 3.63) is 28.8 Å². The van der Waals surface area contributed by atoms with E-state index in [1.54, 1.807) is 12.1 Å². The van der Waals surface area contributed by atoms with Crippen molar-refractivity contribution >= 4 is 23.5 Å². The van der Waals surface area contributed by atoms with Crippen molar-refractivity contribution in [1.29, 1.82) is 0 Å². The van der Waals surface area contributed by atoms with Crippen LogP contribution in [0.25, 0.3) is 0 Å². The molecule has 0 aliphatic carbocycles. The van der Waals surface area contributed by atoms with Crippen molar-refractivity contribution in [3.8, 4) is 5.75 Å². The van der Waals surface area contributed by atoms with Crippen molar-refractivity contribution in [3.63, 3.8) is 0 Å². The van der Waals surface area contributed by atoms with Crippen molar-refractivity contribution in [2.24, 2.45) is 0 Å². The maximum atomic E-state index is 11.6. The standard InChI is InChI=1S/C14H18ClNO4/c1-10-8-11(5-6-12(10)15)20-7-3-4-13(17)16(2)9-14(18)19/h5-6,8H,3-4,7,9H2,1-2H3,(H,18,19). The number of nitrogens with zero attached hydrogens (tertiary/aromatic N) is 1. The van der Waals surface area contributed by atoms with Gasteiger partial charge in [0.25, 0.3) is 0 Å². The third-order valence-corrected chi connectivity index (χ3v) is 3.16. The van der Waals surface area contributed by atoms with Crippen molar-refractivity contribution < 1.29 is 19.4 Å². The number of amides is 1. The van der Waals surface area contributed by atoms with Crippen LogP contribution < -0.4 is 4.74 Å². The first-order chi connectivity index (χ1) is 9.40. The maximum absolute atomic E-state index is 11.6. The van der Waals surface area contributed by atoms with Gasteiger partial charge < -0.3 is 14.7 Å². The maximum Gasteiger partial charge on any atom is 0.323 e. The molecule has 6 heteroatoms. The number of halogens is 1. The van der Waals surface area contributed by atoms with E-state index < -0.39 is 5.97 Å². The topological polar surface area (TPSA) is 66.8 Å². The van der Waals surface area contributed by atoms with Crippen LogP contribution in [0.5, 0.6) is 5.75 Å². The second kappa shape index (κ2) is 7.75. The highest BCUT2D eigenvalue weighted by Crippen LogP contribution is 2.21. The van der Waals surface area contributed by atoms with E-state index in [4.69, 9.17) is 21.4 Å². The van der Waals surface area contributed by atoms with E-state index in [0.717, 1.165) is 5.56 Å². The molecule has 20 heavy (non-hydrogen) atoms.